The van der Waals surface area contributed by atoms with Crippen LogP contribution in [0.15, 0.2) is 12.7 Å². The van der Waals surface area contributed by atoms with Crippen molar-refractivity contribution in [1.82, 2.24) is 9.80 Å². The largest absolute Gasteiger partial charge is 0.330 e. The molecule has 4 heteroatoms. The molecule has 0 aromatic carbocycles. The normalized spacial score (nSPS) is 22.7. The van der Waals surface area contributed by atoms with Crippen molar-refractivity contribution >= 4 is 6.03 Å². The van der Waals surface area contributed by atoms with Crippen LogP contribution in [0.1, 0.15) is 6.42 Å². The van der Waals surface area contributed by atoms with E-state index >= 15 is 0 Å². The van der Waals surface area contributed by atoms with Gasteiger partial charge in [0.15, 0.2) is 0 Å². The molecule has 2 N–H and O–H groups in total. The number of nitrogens with two attached hydrogens (primary N) is 1. The van der Waals surface area contributed by atoms with Crippen molar-refractivity contribution in [3.05, 3.63) is 12.7 Å². The van der Waals surface area contributed by atoms with Gasteiger partial charge in [-0.3, -0.25) is 0 Å². The number of carbonyl (C=O) groups is 1. The van der Waals surface area contributed by atoms with E-state index in [2.05, 4.69) is 6.58 Å². The molecule has 0 saturated carbocycles. The lowest BCUT2D eigenvalue weighted by Crippen LogP contribution is -2.52. The van der Waals surface area contributed by atoms with Gasteiger partial charge in [-0.25, -0.2) is 4.79 Å². The Morgan fingerprint density at radius 3 is 2.93 bits per heavy atom. The van der Waals surface area contributed by atoms with Crippen molar-refractivity contribution in [2.45, 2.75) is 6.42 Å². The second-order valence-electron chi connectivity index (χ2n) is 3.80. The van der Waals surface area contributed by atoms with E-state index < -0.39 is 0 Å². The zero-order valence-electron chi connectivity index (χ0n) is 8.78. The number of hydrogen-bond acceptors (Lipinski definition) is 2. The maximum Gasteiger partial charge on any atom is 0.320 e. The fraction of sp³-hybridized carbons (Fsp3) is 0.700. The van der Waals surface area contributed by atoms with E-state index in [1.54, 1.807) is 11.0 Å². The molecule has 1 rings (SSSR count). The molecule has 1 fully saturated rings. The van der Waals surface area contributed by atoms with Crippen LogP contribution in [0.25, 0.3) is 0 Å². The molecule has 1 aliphatic heterocycles. The molecular weight excluding hydrogens is 178 g/mol. The van der Waals surface area contributed by atoms with Crippen LogP contribution in [0.2, 0.25) is 0 Å². The van der Waals surface area contributed by atoms with Gasteiger partial charge in [0.1, 0.15) is 0 Å². The van der Waals surface area contributed by atoms with E-state index in [9.17, 15) is 4.79 Å². The molecule has 14 heavy (non-hydrogen) atoms. The monoisotopic (exact) mass is 197 g/mol. The highest BCUT2D eigenvalue weighted by Gasteiger charge is 2.27. The maximum absolute atomic E-state index is 11.6. The number of nitrogens with zero attached hydrogens (tertiary/aromatic N) is 2. The molecule has 0 aliphatic carbocycles. The Kier molecular flexibility index (Phi) is 3.95. The summed E-state index contributed by atoms with van der Waals surface area (Å²) in [6.07, 6.45) is 2.74. The van der Waals surface area contributed by atoms with E-state index in [-0.39, 0.29) is 6.03 Å². The molecule has 4 nitrogen and oxygen atoms in total. The lowest BCUT2D eigenvalue weighted by molar-refractivity contribution is 0.119. The molecule has 1 atom stereocenters. The van der Waals surface area contributed by atoms with Gasteiger partial charge in [-0.2, -0.15) is 0 Å². The summed E-state index contributed by atoms with van der Waals surface area (Å²) in [5.74, 6) is 0.502. The third kappa shape index (κ3) is 2.48. The Morgan fingerprint density at radius 1 is 1.64 bits per heavy atom. The van der Waals surface area contributed by atoms with Crippen molar-refractivity contribution in [2.24, 2.45) is 11.7 Å². The van der Waals surface area contributed by atoms with Gasteiger partial charge in [0.05, 0.1) is 0 Å². The number of amides is 2. The summed E-state index contributed by atoms with van der Waals surface area (Å²) in [6, 6.07) is 0.0955. The number of urea groups is 1. The third-order valence-electron chi connectivity index (χ3n) is 2.53. The summed E-state index contributed by atoms with van der Waals surface area (Å²) in [4.78, 5) is 15.2. The van der Waals surface area contributed by atoms with Gasteiger partial charge in [0.2, 0.25) is 0 Å². The number of rotatable bonds is 4. The molecule has 0 radical (unpaired) electrons. The molecular formula is C10H19N3O. The Hall–Kier alpha value is -1.03. The van der Waals surface area contributed by atoms with Crippen LogP contribution in [0, 0.1) is 5.92 Å². The quantitative estimate of drug-likeness (QED) is 0.667. The van der Waals surface area contributed by atoms with Crippen LogP contribution >= 0.6 is 0 Å². The van der Waals surface area contributed by atoms with Crippen molar-refractivity contribution in [3.8, 4) is 0 Å². The van der Waals surface area contributed by atoms with Crippen molar-refractivity contribution < 1.29 is 4.79 Å². The zero-order valence-corrected chi connectivity index (χ0v) is 8.78. The first kappa shape index (κ1) is 11.0. The molecule has 80 valence electrons. The van der Waals surface area contributed by atoms with Gasteiger partial charge in [-0.05, 0) is 18.9 Å². The first-order valence-corrected chi connectivity index (χ1v) is 5.00. The van der Waals surface area contributed by atoms with E-state index in [4.69, 9.17) is 5.73 Å². The minimum atomic E-state index is 0.0955. The van der Waals surface area contributed by atoms with Gasteiger partial charge in [0, 0.05) is 26.7 Å². The number of carbonyl (C=O) groups excluding carboxylic acids is 1. The van der Waals surface area contributed by atoms with Crippen LogP contribution in [-0.4, -0.2) is 49.1 Å². The lowest BCUT2D eigenvalue weighted by Gasteiger charge is -2.37. The van der Waals surface area contributed by atoms with E-state index in [1.807, 2.05) is 11.9 Å². The second-order valence-corrected chi connectivity index (χ2v) is 3.80. The summed E-state index contributed by atoms with van der Waals surface area (Å²) < 4.78 is 0. The van der Waals surface area contributed by atoms with Gasteiger partial charge in [-0.15, -0.1) is 6.58 Å². The minimum Gasteiger partial charge on any atom is -0.330 e. The highest BCUT2D eigenvalue weighted by Crippen LogP contribution is 2.15. The minimum absolute atomic E-state index is 0.0955. The van der Waals surface area contributed by atoms with E-state index in [0.717, 1.165) is 19.5 Å². The first-order chi connectivity index (χ1) is 6.69. The van der Waals surface area contributed by atoms with Gasteiger partial charge in [-0.1, -0.05) is 6.08 Å². The predicted octanol–water partition coefficient (Wildman–Crippen LogP) is 0.505. The van der Waals surface area contributed by atoms with Crippen molar-refractivity contribution in [2.75, 3.05) is 33.2 Å². The summed E-state index contributed by atoms with van der Waals surface area (Å²) in [7, 11) is 1.83. The SMILES string of the molecule is C=CCN1CC(CCN)CN(C)C1=O. The summed E-state index contributed by atoms with van der Waals surface area (Å²) in [5, 5.41) is 0. The van der Waals surface area contributed by atoms with Crippen LogP contribution in [0.3, 0.4) is 0 Å². The van der Waals surface area contributed by atoms with Crippen LogP contribution < -0.4 is 5.73 Å². The van der Waals surface area contributed by atoms with Gasteiger partial charge in [0.25, 0.3) is 0 Å². The average Bonchev–Trinajstić information content (AvgIpc) is 2.14. The Balaban J connectivity index is 2.56. The number of hydrogen-bond donors (Lipinski definition) is 1. The molecule has 1 aliphatic rings. The van der Waals surface area contributed by atoms with Crippen LogP contribution in [-0.2, 0) is 0 Å². The van der Waals surface area contributed by atoms with Gasteiger partial charge >= 0.3 is 6.03 Å². The molecule has 2 amide bonds. The summed E-state index contributed by atoms with van der Waals surface area (Å²) in [6.45, 7) is 6.60. The van der Waals surface area contributed by atoms with Crippen LogP contribution in [0.4, 0.5) is 4.79 Å². The third-order valence-corrected chi connectivity index (χ3v) is 2.53. The summed E-state index contributed by atoms with van der Waals surface area (Å²) in [5.41, 5.74) is 5.52. The molecule has 0 aromatic heterocycles. The fourth-order valence-corrected chi connectivity index (χ4v) is 1.88. The molecule has 1 saturated heterocycles. The highest BCUT2D eigenvalue weighted by molar-refractivity contribution is 5.75. The molecule has 0 bridgehead atoms. The second kappa shape index (κ2) is 5.00. The van der Waals surface area contributed by atoms with Crippen molar-refractivity contribution in [3.63, 3.8) is 0 Å². The van der Waals surface area contributed by atoms with Gasteiger partial charge < -0.3 is 15.5 Å². The van der Waals surface area contributed by atoms with E-state index in [0.29, 0.717) is 19.0 Å². The smallest absolute Gasteiger partial charge is 0.320 e. The standard InChI is InChI=1S/C10H19N3O/c1-3-6-13-8-9(4-5-11)7-12(2)10(13)14/h3,9H,1,4-8,11H2,2H3. The fourth-order valence-electron chi connectivity index (χ4n) is 1.88. The lowest BCUT2D eigenvalue weighted by atomic mass is 10.0. The highest BCUT2D eigenvalue weighted by atomic mass is 16.2. The zero-order chi connectivity index (χ0) is 10.6. The average molecular weight is 197 g/mol. The summed E-state index contributed by atoms with van der Waals surface area (Å²) >= 11 is 0. The van der Waals surface area contributed by atoms with E-state index in [1.165, 1.54) is 0 Å². The van der Waals surface area contributed by atoms with Crippen molar-refractivity contribution in [1.29, 1.82) is 0 Å². The Labute approximate surface area is 85.3 Å². The molecule has 0 aromatic rings. The molecule has 0 spiro atoms. The molecule has 1 heterocycles. The maximum atomic E-state index is 11.6. The van der Waals surface area contributed by atoms with Crippen LogP contribution in [0.5, 0.6) is 0 Å². The predicted molar refractivity (Wildman–Crippen MR) is 57.0 cm³/mol. The Bertz CT molecular complexity index is 217. The first-order valence-electron chi connectivity index (χ1n) is 5.00. The topological polar surface area (TPSA) is 49.6 Å². The molecule has 1 unspecified atom stereocenters. The Morgan fingerprint density at radius 2 is 2.36 bits per heavy atom.